The van der Waals surface area contributed by atoms with Gasteiger partial charge in [-0.3, -0.25) is 0 Å². The lowest BCUT2D eigenvalue weighted by atomic mass is 9.33. The third-order valence-corrected chi connectivity index (χ3v) is 19.1. The highest BCUT2D eigenvalue weighted by atomic mass is 16.8. The lowest BCUT2D eigenvalue weighted by Crippen LogP contribution is -2.68. The second-order valence-electron chi connectivity index (χ2n) is 23.2. The van der Waals surface area contributed by atoms with Crippen LogP contribution in [0.25, 0.3) is 0 Å². The van der Waals surface area contributed by atoms with E-state index in [1.807, 2.05) is 6.92 Å². The van der Waals surface area contributed by atoms with E-state index in [-0.39, 0.29) is 45.7 Å². The van der Waals surface area contributed by atoms with E-state index >= 15 is 0 Å². The zero-order valence-electron chi connectivity index (χ0n) is 38.7. The van der Waals surface area contributed by atoms with Crippen LogP contribution in [0.1, 0.15) is 113 Å². The molecule has 64 heavy (non-hydrogen) atoms. The van der Waals surface area contributed by atoms with Crippen LogP contribution in [-0.2, 0) is 33.2 Å². The maximum atomic E-state index is 12.2. The summed E-state index contributed by atoms with van der Waals surface area (Å²) in [5.74, 6) is -1.05. The van der Waals surface area contributed by atoms with Crippen molar-refractivity contribution in [1.29, 1.82) is 0 Å². The third-order valence-electron chi connectivity index (χ3n) is 19.1. The topological polar surface area (TPSA) is 275 Å². The molecule has 3 heterocycles. The molecular weight excluding hydrogens is 837 g/mol. The smallest absolute Gasteiger partial charge is 0.335 e. The Morgan fingerprint density at radius 3 is 2.00 bits per heavy atom. The first-order chi connectivity index (χ1) is 29.8. The maximum Gasteiger partial charge on any atom is 0.335 e. The summed E-state index contributed by atoms with van der Waals surface area (Å²) in [6.45, 7) is 17.1. The molecule has 8 aliphatic rings. The highest BCUT2D eigenvalue weighted by Crippen LogP contribution is 2.76. The number of ether oxygens (including phenoxy) is 6. The molecule has 366 valence electrons. The van der Waals surface area contributed by atoms with E-state index < -0.39 is 110 Å². The summed E-state index contributed by atoms with van der Waals surface area (Å²) < 4.78 is 36.1. The Labute approximate surface area is 376 Å². The van der Waals surface area contributed by atoms with Gasteiger partial charge >= 0.3 is 5.97 Å². The number of carbonyl (C=O) groups is 1. The van der Waals surface area contributed by atoms with Gasteiger partial charge in [0, 0.05) is 10.8 Å². The molecule has 16 unspecified atom stereocenters. The van der Waals surface area contributed by atoms with E-state index in [0.717, 1.165) is 51.4 Å². The van der Waals surface area contributed by atoms with Gasteiger partial charge in [-0.25, -0.2) is 4.79 Å². The molecule has 17 nitrogen and oxygen atoms in total. The van der Waals surface area contributed by atoms with Crippen LogP contribution in [0.3, 0.4) is 0 Å². The van der Waals surface area contributed by atoms with Gasteiger partial charge in [0.1, 0.15) is 54.9 Å². The number of allylic oxidation sites excluding steroid dienone is 2. The van der Waals surface area contributed by atoms with Crippen molar-refractivity contribution in [2.24, 2.45) is 50.2 Å². The molecule has 0 spiro atoms. The van der Waals surface area contributed by atoms with Crippen LogP contribution in [0.5, 0.6) is 0 Å². The van der Waals surface area contributed by atoms with Crippen molar-refractivity contribution >= 4 is 5.97 Å². The van der Waals surface area contributed by atoms with Gasteiger partial charge in [-0.1, -0.05) is 60.1 Å². The second kappa shape index (κ2) is 16.9. The highest BCUT2D eigenvalue weighted by molar-refractivity contribution is 5.73. The molecule has 17 heteroatoms. The van der Waals surface area contributed by atoms with Gasteiger partial charge in [0.2, 0.25) is 0 Å². The number of aliphatic carboxylic acids is 1. The average molecular weight is 913 g/mol. The first-order valence-corrected chi connectivity index (χ1v) is 23.7. The van der Waals surface area contributed by atoms with Crippen molar-refractivity contribution in [3.05, 3.63) is 11.6 Å². The predicted octanol–water partition coefficient (Wildman–Crippen LogP) is 1.34. The summed E-state index contributed by atoms with van der Waals surface area (Å²) in [5.41, 5.74) is 0.284. The third kappa shape index (κ3) is 7.49. The quantitative estimate of drug-likeness (QED) is 0.122. The van der Waals surface area contributed by atoms with Gasteiger partial charge in [0.05, 0.1) is 31.5 Å². The molecule has 8 rings (SSSR count). The molecular formula is C47H76O17. The standard InChI is InChI=1S/C47H76O17/c1-21-29(51)31(53)36(64-41-37(33(55)32(54)35(62-41)38(57)58)63-39-34(56)30(52)24(49)19-59-39)40(60-21)61-28-12-13-44(5)25(45(28,6)20-48)11-14-47(8)26(44)10-9-22-23-17-42(2,3)18-27(50)43(23,4)15-16-46(22,47)7/h9,21,23-37,39-41,48-56H,10-20H2,1-8H3,(H,57,58)/t21?,23-,24?,25?,26?,27+,28-,29?,30?,31?,32?,33?,34?,35?,36?,37?,39?,40?,41?,43+,44-,45+,46+,47+/m0/s1. The monoisotopic (exact) mass is 913 g/mol. The van der Waals surface area contributed by atoms with Crippen LogP contribution in [-0.4, -0.2) is 168 Å². The van der Waals surface area contributed by atoms with Gasteiger partial charge in [0.25, 0.3) is 0 Å². The predicted molar refractivity (Wildman–Crippen MR) is 225 cm³/mol. The number of aliphatic hydroxyl groups excluding tert-OH is 9. The number of carboxylic acid groups (broad SMARTS) is 1. The molecule has 0 amide bonds. The van der Waals surface area contributed by atoms with Crippen molar-refractivity contribution < 1.29 is 84.3 Å². The van der Waals surface area contributed by atoms with E-state index in [1.165, 1.54) is 5.57 Å². The van der Waals surface area contributed by atoms with Crippen molar-refractivity contribution in [2.45, 2.75) is 211 Å². The summed E-state index contributed by atoms with van der Waals surface area (Å²) in [6.07, 6.45) is -14.6. The zero-order valence-corrected chi connectivity index (χ0v) is 38.7. The number of hydrogen-bond donors (Lipinski definition) is 10. The minimum atomic E-state index is -2.07. The molecule has 0 radical (unpaired) electrons. The largest absolute Gasteiger partial charge is 0.479 e. The fourth-order valence-electron chi connectivity index (χ4n) is 14.8. The zero-order chi connectivity index (χ0) is 46.9. The molecule has 0 aromatic carbocycles. The molecule has 10 N–H and O–H groups in total. The summed E-state index contributed by atoms with van der Waals surface area (Å²) in [7, 11) is 0. The van der Waals surface area contributed by atoms with Crippen LogP contribution in [0.2, 0.25) is 0 Å². The summed E-state index contributed by atoms with van der Waals surface area (Å²) in [6, 6.07) is 0. The first-order valence-electron chi connectivity index (χ1n) is 23.7. The normalized spacial score (nSPS) is 56.1. The average Bonchev–Trinajstić information content (AvgIpc) is 3.22. The Morgan fingerprint density at radius 1 is 0.703 bits per heavy atom. The molecule has 3 saturated heterocycles. The van der Waals surface area contributed by atoms with E-state index in [9.17, 15) is 55.9 Å². The molecule has 0 aromatic heterocycles. The fourth-order valence-corrected chi connectivity index (χ4v) is 14.8. The van der Waals surface area contributed by atoms with Crippen LogP contribution in [0.15, 0.2) is 11.6 Å². The maximum absolute atomic E-state index is 12.2. The number of carboxylic acids is 1. The van der Waals surface area contributed by atoms with Gasteiger partial charge in [0.15, 0.2) is 25.0 Å². The van der Waals surface area contributed by atoms with Crippen LogP contribution >= 0.6 is 0 Å². The Balaban J connectivity index is 1.06. The number of rotatable bonds is 8. The molecule has 7 fully saturated rings. The Morgan fingerprint density at radius 2 is 1.34 bits per heavy atom. The van der Waals surface area contributed by atoms with Gasteiger partial charge in [-0.2, -0.15) is 0 Å². The Bertz CT molecular complexity index is 1760. The van der Waals surface area contributed by atoms with E-state index in [4.69, 9.17) is 28.4 Å². The van der Waals surface area contributed by atoms with Gasteiger partial charge in [-0.15, -0.1) is 0 Å². The molecule has 0 aromatic rings. The van der Waals surface area contributed by atoms with E-state index in [1.54, 1.807) is 6.92 Å². The minimum Gasteiger partial charge on any atom is -0.479 e. The summed E-state index contributed by atoms with van der Waals surface area (Å²) >= 11 is 0. The molecule has 3 aliphatic heterocycles. The minimum absolute atomic E-state index is 0.00349. The van der Waals surface area contributed by atoms with Gasteiger partial charge < -0.3 is 79.5 Å². The van der Waals surface area contributed by atoms with Gasteiger partial charge in [-0.05, 0) is 104 Å². The molecule has 5 aliphatic carbocycles. The first kappa shape index (κ1) is 49.0. The van der Waals surface area contributed by atoms with Crippen LogP contribution in [0.4, 0.5) is 0 Å². The SMILES string of the molecule is CC1OC(O[C@H]2CC[C@@]3(C)C(CC[C@]4(C)C3CC=C3[C@@H]5CC(C)(C)C[C@@H](O)[C@]5(C)CC[C@]34C)[C@@]2(C)CO)C(OC2OC(C(=O)O)C(O)C(O)C2OC2OCC(O)C(O)C2O)C(O)C1O. The summed E-state index contributed by atoms with van der Waals surface area (Å²) in [5, 5.41) is 109. The second-order valence-corrected chi connectivity index (χ2v) is 23.2. The van der Waals surface area contributed by atoms with Crippen molar-refractivity contribution in [2.75, 3.05) is 13.2 Å². The van der Waals surface area contributed by atoms with Crippen molar-refractivity contribution in [3.8, 4) is 0 Å². The van der Waals surface area contributed by atoms with Crippen LogP contribution < -0.4 is 0 Å². The number of fused-ring (bicyclic) bond motifs is 7. The van der Waals surface area contributed by atoms with Crippen LogP contribution in [0, 0.1) is 50.2 Å². The highest BCUT2D eigenvalue weighted by Gasteiger charge is 2.70. The van der Waals surface area contributed by atoms with Crippen molar-refractivity contribution in [1.82, 2.24) is 0 Å². The number of hydrogen-bond acceptors (Lipinski definition) is 16. The van der Waals surface area contributed by atoms with E-state index in [2.05, 4.69) is 47.6 Å². The van der Waals surface area contributed by atoms with E-state index in [0.29, 0.717) is 18.3 Å². The molecule has 24 atom stereocenters. The van der Waals surface area contributed by atoms with Crippen molar-refractivity contribution in [3.63, 3.8) is 0 Å². The lowest BCUT2D eigenvalue weighted by Gasteiger charge is -2.72. The number of aliphatic hydroxyl groups is 9. The summed E-state index contributed by atoms with van der Waals surface area (Å²) in [4.78, 5) is 12.2. The molecule has 4 saturated carbocycles. The lowest BCUT2D eigenvalue weighted by molar-refractivity contribution is -0.390. The Kier molecular flexibility index (Phi) is 13.0. The fraction of sp³-hybridized carbons (Fsp3) is 0.936. The molecule has 0 bridgehead atoms. The Hall–Kier alpha value is -1.39.